The van der Waals surface area contributed by atoms with Crippen LogP contribution in [-0.2, 0) is 0 Å². The van der Waals surface area contributed by atoms with Crippen molar-refractivity contribution in [3.63, 3.8) is 0 Å². The van der Waals surface area contributed by atoms with Gasteiger partial charge in [-0.3, -0.25) is 0 Å². The quantitative estimate of drug-likeness (QED) is 0.602. The molecule has 1 aromatic rings. The summed E-state index contributed by atoms with van der Waals surface area (Å²) in [6, 6.07) is 9.11. The van der Waals surface area contributed by atoms with E-state index in [2.05, 4.69) is 49.3 Å². The molecule has 0 bridgehead atoms. The number of nitrogens with one attached hydrogen (secondary N) is 1. The first-order valence-electron chi connectivity index (χ1n) is 5.13. The van der Waals surface area contributed by atoms with Crippen LogP contribution in [0.3, 0.4) is 0 Å². The van der Waals surface area contributed by atoms with Gasteiger partial charge >= 0.3 is 0 Å². The lowest BCUT2D eigenvalue weighted by Gasteiger charge is -2.16. The van der Waals surface area contributed by atoms with Crippen LogP contribution in [-0.4, -0.2) is 13.3 Å². The maximum atomic E-state index is 3.96. The fourth-order valence-corrected chi connectivity index (χ4v) is 1.98. The van der Waals surface area contributed by atoms with Crippen molar-refractivity contribution >= 4 is 11.8 Å². The normalized spacial score (nSPS) is 12.5. The first kappa shape index (κ1) is 12.3. The lowest BCUT2D eigenvalue weighted by atomic mass is 10.0. The Balaban J connectivity index is 2.78. The number of thioether (sulfide) groups is 1. The number of hydrogen-bond acceptors (Lipinski definition) is 2. The number of benzene rings is 1. The number of hydrogen-bond donors (Lipinski definition) is 1. The highest BCUT2D eigenvalue weighted by Crippen LogP contribution is 2.22. The van der Waals surface area contributed by atoms with Crippen molar-refractivity contribution in [1.29, 1.82) is 0 Å². The molecule has 0 amide bonds. The third kappa shape index (κ3) is 3.73. The van der Waals surface area contributed by atoms with Crippen LogP contribution in [0.1, 0.15) is 24.9 Å². The predicted molar refractivity (Wildman–Crippen MR) is 69.5 cm³/mol. The van der Waals surface area contributed by atoms with Gasteiger partial charge in [-0.2, -0.15) is 0 Å². The van der Waals surface area contributed by atoms with Gasteiger partial charge in [-0.1, -0.05) is 17.7 Å². The highest BCUT2D eigenvalue weighted by atomic mass is 32.2. The van der Waals surface area contributed by atoms with E-state index in [0.717, 1.165) is 6.42 Å². The van der Waals surface area contributed by atoms with Crippen LogP contribution in [0.2, 0.25) is 0 Å². The molecular weight excluding hydrogens is 202 g/mol. The van der Waals surface area contributed by atoms with Crippen molar-refractivity contribution in [2.45, 2.75) is 24.3 Å². The van der Waals surface area contributed by atoms with E-state index in [1.54, 1.807) is 11.8 Å². The van der Waals surface area contributed by atoms with E-state index in [1.807, 2.05) is 7.05 Å². The van der Waals surface area contributed by atoms with Gasteiger partial charge in [-0.15, -0.1) is 18.3 Å². The van der Waals surface area contributed by atoms with Crippen molar-refractivity contribution in [3.05, 3.63) is 42.0 Å². The zero-order chi connectivity index (χ0) is 11.3. The molecule has 0 aliphatic carbocycles. The molecule has 0 aromatic heterocycles. The van der Waals surface area contributed by atoms with Gasteiger partial charge < -0.3 is 5.32 Å². The van der Waals surface area contributed by atoms with E-state index in [0.29, 0.717) is 6.04 Å². The third-order valence-electron chi connectivity index (χ3n) is 2.42. The van der Waals surface area contributed by atoms with Crippen molar-refractivity contribution in [2.75, 3.05) is 13.3 Å². The Labute approximate surface area is 97.0 Å². The second-order valence-corrected chi connectivity index (χ2v) is 4.66. The van der Waals surface area contributed by atoms with Crippen molar-refractivity contribution < 1.29 is 0 Å². The summed E-state index contributed by atoms with van der Waals surface area (Å²) in [4.78, 5) is 1.31. The molecule has 0 aliphatic rings. The van der Waals surface area contributed by atoms with Crippen molar-refractivity contribution in [3.8, 4) is 0 Å². The smallest absolute Gasteiger partial charge is 0.0354 e. The maximum Gasteiger partial charge on any atom is 0.0354 e. The van der Waals surface area contributed by atoms with Gasteiger partial charge in [0.2, 0.25) is 0 Å². The summed E-state index contributed by atoms with van der Waals surface area (Å²) in [5.74, 6) is 0. The molecule has 1 N–H and O–H groups in total. The first-order chi connectivity index (χ1) is 7.17. The minimum absolute atomic E-state index is 0.387. The van der Waals surface area contributed by atoms with E-state index in [1.165, 1.54) is 16.0 Å². The van der Waals surface area contributed by atoms with Gasteiger partial charge in [0, 0.05) is 10.9 Å². The van der Waals surface area contributed by atoms with Crippen LogP contribution in [0.25, 0.3) is 0 Å². The Kier molecular flexibility index (Phi) is 4.92. The molecule has 0 saturated heterocycles. The van der Waals surface area contributed by atoms with Gasteiger partial charge in [0.25, 0.3) is 0 Å². The van der Waals surface area contributed by atoms with Crippen molar-refractivity contribution in [2.24, 2.45) is 0 Å². The molecule has 0 fully saturated rings. The second-order valence-electron chi connectivity index (χ2n) is 3.78. The molecule has 82 valence electrons. The average molecular weight is 221 g/mol. The Bertz CT molecular complexity index is 316. The van der Waals surface area contributed by atoms with Crippen LogP contribution < -0.4 is 5.32 Å². The van der Waals surface area contributed by atoms with E-state index in [4.69, 9.17) is 0 Å². The van der Waals surface area contributed by atoms with Crippen LogP contribution in [0.4, 0.5) is 0 Å². The van der Waals surface area contributed by atoms with Gasteiger partial charge in [0.15, 0.2) is 0 Å². The topological polar surface area (TPSA) is 12.0 Å². The molecule has 0 aliphatic heterocycles. The summed E-state index contributed by atoms with van der Waals surface area (Å²) in [6.07, 6.45) is 3.09. The Morgan fingerprint density at radius 3 is 2.40 bits per heavy atom. The molecule has 0 radical (unpaired) electrons. The fourth-order valence-electron chi connectivity index (χ4n) is 1.57. The molecule has 0 heterocycles. The lowest BCUT2D eigenvalue weighted by Crippen LogP contribution is -2.16. The summed E-state index contributed by atoms with van der Waals surface area (Å²) < 4.78 is 0. The third-order valence-corrected chi connectivity index (χ3v) is 3.16. The molecule has 15 heavy (non-hydrogen) atoms. The van der Waals surface area contributed by atoms with E-state index in [9.17, 15) is 0 Å². The highest BCUT2D eigenvalue weighted by molar-refractivity contribution is 7.98. The highest BCUT2D eigenvalue weighted by Gasteiger charge is 2.08. The second kappa shape index (κ2) is 5.99. The molecule has 1 rings (SSSR count). The molecule has 1 unspecified atom stereocenters. The summed E-state index contributed by atoms with van der Waals surface area (Å²) in [7, 11) is 2.00. The monoisotopic (exact) mass is 221 g/mol. The molecule has 1 nitrogen and oxygen atoms in total. The molecule has 1 aromatic carbocycles. The largest absolute Gasteiger partial charge is 0.313 e. The lowest BCUT2D eigenvalue weighted by molar-refractivity contribution is 0.589. The SMILES string of the molecule is C=C(C)CC(NC)c1ccc(SC)cc1. The Morgan fingerprint density at radius 2 is 2.00 bits per heavy atom. The van der Waals surface area contributed by atoms with E-state index < -0.39 is 0 Å². The standard InChI is InChI=1S/C13H19NS/c1-10(2)9-13(14-3)11-5-7-12(15-4)8-6-11/h5-8,13-14H,1,9H2,2-4H3. The van der Waals surface area contributed by atoms with Crippen LogP contribution >= 0.6 is 11.8 Å². The molecule has 0 saturated carbocycles. The summed E-state index contributed by atoms with van der Waals surface area (Å²) in [5, 5.41) is 3.32. The average Bonchev–Trinajstić information content (AvgIpc) is 2.26. The van der Waals surface area contributed by atoms with Crippen LogP contribution in [0, 0.1) is 0 Å². The molecule has 1 atom stereocenters. The predicted octanol–water partition coefficient (Wildman–Crippen LogP) is 3.64. The van der Waals surface area contributed by atoms with Gasteiger partial charge in [0.1, 0.15) is 0 Å². The van der Waals surface area contributed by atoms with E-state index >= 15 is 0 Å². The maximum absolute atomic E-state index is 3.96. The van der Waals surface area contributed by atoms with Crippen LogP contribution in [0.15, 0.2) is 41.3 Å². The van der Waals surface area contributed by atoms with Gasteiger partial charge in [-0.25, -0.2) is 0 Å². The summed E-state index contributed by atoms with van der Waals surface area (Å²) in [5.41, 5.74) is 2.54. The zero-order valence-corrected chi connectivity index (χ0v) is 10.5. The summed E-state index contributed by atoms with van der Waals surface area (Å²) >= 11 is 1.77. The number of rotatable bonds is 5. The van der Waals surface area contributed by atoms with E-state index in [-0.39, 0.29) is 0 Å². The Hall–Kier alpha value is -0.730. The minimum atomic E-state index is 0.387. The molecular formula is C13H19NS. The molecule has 0 spiro atoms. The Morgan fingerprint density at radius 1 is 1.40 bits per heavy atom. The zero-order valence-electron chi connectivity index (χ0n) is 9.71. The first-order valence-corrected chi connectivity index (χ1v) is 6.35. The molecule has 2 heteroatoms. The van der Waals surface area contributed by atoms with Gasteiger partial charge in [-0.05, 0) is 44.3 Å². The summed E-state index contributed by atoms with van der Waals surface area (Å²) in [6.45, 7) is 6.03. The van der Waals surface area contributed by atoms with Crippen LogP contribution in [0.5, 0.6) is 0 Å². The van der Waals surface area contributed by atoms with Gasteiger partial charge in [0.05, 0.1) is 0 Å². The fraction of sp³-hybridized carbons (Fsp3) is 0.385. The minimum Gasteiger partial charge on any atom is -0.313 e. The van der Waals surface area contributed by atoms with Crippen molar-refractivity contribution in [1.82, 2.24) is 5.32 Å².